The Morgan fingerprint density at radius 1 is 1.04 bits per heavy atom. The van der Waals surface area contributed by atoms with Crippen molar-refractivity contribution in [1.82, 2.24) is 0 Å². The molecule has 0 aliphatic heterocycles. The van der Waals surface area contributed by atoms with Crippen LogP contribution < -0.4 is 4.31 Å². The normalized spacial score (nSPS) is 13.8. The minimum atomic E-state index is -3.44. The second-order valence-corrected chi connectivity index (χ2v) is 8.95. The number of hydrogen-bond acceptors (Lipinski definition) is 3. The Hall–Kier alpha value is -1.60. The van der Waals surface area contributed by atoms with Crippen molar-refractivity contribution in [3.63, 3.8) is 0 Å². The second kappa shape index (κ2) is 6.37. The first-order valence-electron chi connectivity index (χ1n) is 7.48. The number of nitrogens with zero attached hydrogens (tertiary/aromatic N) is 1. The molecular weight excluding hydrogens is 352 g/mol. The van der Waals surface area contributed by atoms with Crippen LogP contribution >= 0.6 is 11.8 Å². The van der Waals surface area contributed by atoms with Crippen molar-refractivity contribution in [2.24, 2.45) is 0 Å². The van der Waals surface area contributed by atoms with Crippen LogP contribution in [0.15, 0.2) is 40.1 Å². The van der Waals surface area contributed by atoms with E-state index in [-0.39, 0.29) is 4.90 Å². The fraction of sp³-hybridized carbons (Fsp3) is 0.294. The molecule has 0 radical (unpaired) electrons. The van der Waals surface area contributed by atoms with Crippen molar-refractivity contribution >= 4 is 27.5 Å². The van der Waals surface area contributed by atoms with Crippen LogP contribution in [0.1, 0.15) is 17.5 Å². The van der Waals surface area contributed by atoms with Crippen LogP contribution in [0.3, 0.4) is 0 Å². The van der Waals surface area contributed by atoms with Crippen molar-refractivity contribution < 1.29 is 17.2 Å². The summed E-state index contributed by atoms with van der Waals surface area (Å²) in [6.07, 6.45) is 4.00. The molecule has 2 aromatic rings. The Labute approximate surface area is 144 Å². The monoisotopic (exact) mass is 369 g/mol. The van der Waals surface area contributed by atoms with E-state index in [0.717, 1.165) is 54.5 Å². The molecule has 0 atom stereocenters. The van der Waals surface area contributed by atoms with Gasteiger partial charge in [0.25, 0.3) is 0 Å². The van der Waals surface area contributed by atoms with Crippen molar-refractivity contribution in [2.45, 2.75) is 29.1 Å². The zero-order valence-electron chi connectivity index (χ0n) is 13.3. The number of fused-ring (bicyclic) bond motifs is 1. The number of sulfonamides is 1. The Balaban J connectivity index is 2.08. The molecule has 0 N–H and O–H groups in total. The van der Waals surface area contributed by atoms with Crippen LogP contribution in [0.25, 0.3) is 0 Å². The van der Waals surface area contributed by atoms with E-state index in [4.69, 9.17) is 0 Å². The number of rotatable bonds is 4. The standard InChI is InChI=1S/C17H17F2NO2S2/c1-20(24(2,21)22)15-8-11-4-3-5-12(11)9-17(15)23-16-7-6-13(18)10-14(16)19/h6-10H,3-5H2,1-2H3. The lowest BCUT2D eigenvalue weighted by Crippen LogP contribution is -2.25. The predicted octanol–water partition coefficient (Wildman–Crippen LogP) is 4.00. The van der Waals surface area contributed by atoms with Crippen molar-refractivity contribution in [1.29, 1.82) is 0 Å². The van der Waals surface area contributed by atoms with Gasteiger partial charge >= 0.3 is 0 Å². The lowest BCUT2D eigenvalue weighted by Gasteiger charge is -2.21. The third kappa shape index (κ3) is 3.42. The van der Waals surface area contributed by atoms with Crippen molar-refractivity contribution in [3.05, 3.63) is 53.1 Å². The summed E-state index contributed by atoms with van der Waals surface area (Å²) in [4.78, 5) is 0.909. The summed E-state index contributed by atoms with van der Waals surface area (Å²) in [7, 11) is -1.96. The lowest BCUT2D eigenvalue weighted by molar-refractivity contribution is 0.565. The molecule has 0 saturated carbocycles. The van der Waals surface area contributed by atoms with Gasteiger partial charge in [-0.3, -0.25) is 4.31 Å². The highest BCUT2D eigenvalue weighted by atomic mass is 32.2. The van der Waals surface area contributed by atoms with E-state index in [0.29, 0.717) is 10.6 Å². The van der Waals surface area contributed by atoms with Gasteiger partial charge in [0.05, 0.1) is 11.9 Å². The van der Waals surface area contributed by atoms with E-state index in [9.17, 15) is 17.2 Å². The van der Waals surface area contributed by atoms with E-state index < -0.39 is 21.7 Å². The maximum Gasteiger partial charge on any atom is 0.232 e. The van der Waals surface area contributed by atoms with Gasteiger partial charge in [-0.1, -0.05) is 11.8 Å². The fourth-order valence-corrected chi connectivity index (χ4v) is 4.37. The van der Waals surface area contributed by atoms with Crippen LogP contribution in [0.5, 0.6) is 0 Å². The summed E-state index contributed by atoms with van der Waals surface area (Å²) in [6, 6.07) is 7.18. The minimum Gasteiger partial charge on any atom is -0.272 e. The van der Waals surface area contributed by atoms with Gasteiger partial charge in [-0.15, -0.1) is 0 Å². The molecule has 0 amide bonds. The topological polar surface area (TPSA) is 37.4 Å². The number of benzene rings is 2. The van der Waals surface area contributed by atoms with Gasteiger partial charge in [0, 0.05) is 22.9 Å². The molecule has 3 rings (SSSR count). The van der Waals surface area contributed by atoms with Crippen LogP contribution in [0, 0.1) is 11.6 Å². The fourth-order valence-electron chi connectivity index (χ4n) is 2.77. The maximum absolute atomic E-state index is 14.0. The Morgan fingerprint density at radius 2 is 1.71 bits per heavy atom. The molecule has 128 valence electrons. The summed E-state index contributed by atoms with van der Waals surface area (Å²) in [5.74, 6) is -1.30. The molecule has 0 heterocycles. The zero-order valence-corrected chi connectivity index (χ0v) is 15.0. The highest BCUT2D eigenvalue weighted by Gasteiger charge is 2.22. The van der Waals surface area contributed by atoms with Gasteiger partial charge in [0.15, 0.2) is 0 Å². The summed E-state index contributed by atoms with van der Waals surface area (Å²) < 4.78 is 52.2. The molecule has 24 heavy (non-hydrogen) atoms. The maximum atomic E-state index is 14.0. The summed E-state index contributed by atoms with van der Waals surface area (Å²) >= 11 is 1.11. The Morgan fingerprint density at radius 3 is 2.33 bits per heavy atom. The van der Waals surface area contributed by atoms with Gasteiger partial charge in [-0.05, 0) is 54.7 Å². The number of aryl methyl sites for hydroxylation is 2. The SMILES string of the molecule is CN(c1cc2c(cc1Sc1ccc(F)cc1F)CCC2)S(C)(=O)=O. The molecule has 0 aromatic heterocycles. The predicted molar refractivity (Wildman–Crippen MR) is 92.2 cm³/mol. The van der Waals surface area contributed by atoms with E-state index >= 15 is 0 Å². The average Bonchev–Trinajstić information content (AvgIpc) is 2.94. The van der Waals surface area contributed by atoms with E-state index in [1.807, 2.05) is 12.1 Å². The smallest absolute Gasteiger partial charge is 0.232 e. The largest absolute Gasteiger partial charge is 0.272 e. The molecule has 0 unspecified atom stereocenters. The molecule has 2 aromatic carbocycles. The first-order valence-corrected chi connectivity index (χ1v) is 10.1. The van der Waals surface area contributed by atoms with E-state index in [1.165, 1.54) is 23.5 Å². The van der Waals surface area contributed by atoms with Gasteiger partial charge in [0.1, 0.15) is 11.6 Å². The number of anilines is 1. The Bertz CT molecular complexity index is 898. The van der Waals surface area contributed by atoms with E-state index in [1.54, 1.807) is 0 Å². The molecule has 7 heteroatoms. The summed E-state index contributed by atoms with van der Waals surface area (Å²) in [5, 5.41) is 0. The number of hydrogen-bond donors (Lipinski definition) is 0. The third-order valence-electron chi connectivity index (χ3n) is 4.12. The molecule has 1 aliphatic rings. The third-order valence-corrected chi connectivity index (χ3v) is 6.41. The minimum absolute atomic E-state index is 0.262. The first kappa shape index (κ1) is 17.2. The van der Waals surface area contributed by atoms with Gasteiger partial charge in [0.2, 0.25) is 10.0 Å². The van der Waals surface area contributed by atoms with Crippen LogP contribution in [0.2, 0.25) is 0 Å². The second-order valence-electron chi connectivity index (χ2n) is 5.85. The van der Waals surface area contributed by atoms with Crippen LogP contribution in [-0.4, -0.2) is 21.7 Å². The molecule has 3 nitrogen and oxygen atoms in total. The molecular formula is C17H17F2NO2S2. The Kier molecular flexibility index (Phi) is 4.57. The highest BCUT2D eigenvalue weighted by molar-refractivity contribution is 7.99. The summed E-state index contributed by atoms with van der Waals surface area (Å²) in [5.41, 5.74) is 2.81. The molecule has 0 fully saturated rings. The molecule has 0 saturated heterocycles. The average molecular weight is 369 g/mol. The summed E-state index contributed by atoms with van der Waals surface area (Å²) in [6.45, 7) is 0. The first-order chi connectivity index (χ1) is 11.3. The van der Waals surface area contributed by atoms with Crippen molar-refractivity contribution in [3.8, 4) is 0 Å². The quantitative estimate of drug-likeness (QED) is 0.817. The van der Waals surface area contributed by atoms with Gasteiger partial charge in [-0.25, -0.2) is 17.2 Å². The van der Waals surface area contributed by atoms with Crippen LogP contribution in [0.4, 0.5) is 14.5 Å². The molecule has 1 aliphatic carbocycles. The lowest BCUT2D eigenvalue weighted by atomic mass is 10.1. The zero-order chi connectivity index (χ0) is 17.5. The van der Waals surface area contributed by atoms with Gasteiger partial charge in [-0.2, -0.15) is 0 Å². The highest BCUT2D eigenvalue weighted by Crippen LogP contribution is 2.40. The van der Waals surface area contributed by atoms with Crippen LogP contribution in [-0.2, 0) is 22.9 Å². The number of halogens is 2. The molecule has 0 bridgehead atoms. The molecule has 0 spiro atoms. The van der Waals surface area contributed by atoms with Crippen molar-refractivity contribution in [2.75, 3.05) is 17.6 Å². The van der Waals surface area contributed by atoms with Gasteiger partial charge < -0.3 is 0 Å². The van der Waals surface area contributed by atoms with E-state index in [2.05, 4.69) is 0 Å².